The summed E-state index contributed by atoms with van der Waals surface area (Å²) in [5, 5.41) is 1.49. The minimum absolute atomic E-state index is 0.0658. The van der Waals surface area contributed by atoms with Gasteiger partial charge in [-0.25, -0.2) is 13.3 Å². The van der Waals surface area contributed by atoms with Crippen molar-refractivity contribution >= 4 is 21.9 Å². The molecule has 4 heteroatoms. The lowest BCUT2D eigenvalue weighted by Gasteiger charge is -2.19. The van der Waals surface area contributed by atoms with Crippen molar-refractivity contribution in [3.63, 3.8) is 0 Å². The van der Waals surface area contributed by atoms with Crippen LogP contribution >= 0.6 is 0 Å². The van der Waals surface area contributed by atoms with Crippen LogP contribution in [-0.4, -0.2) is 0 Å². The van der Waals surface area contributed by atoms with Crippen LogP contribution in [0.3, 0.4) is 0 Å². The average molecular weight is 536 g/mol. The number of aryl methyl sites for hydroxylation is 3. The van der Waals surface area contributed by atoms with E-state index in [0.29, 0.717) is 33.6 Å². The summed E-state index contributed by atoms with van der Waals surface area (Å²) in [6, 6.07) is 24.4. The van der Waals surface area contributed by atoms with Crippen molar-refractivity contribution in [3.8, 4) is 33.5 Å². The van der Waals surface area contributed by atoms with Gasteiger partial charge in [-0.3, -0.25) is 0 Å². The van der Waals surface area contributed by atoms with Gasteiger partial charge in [0.15, 0.2) is 6.20 Å². The van der Waals surface area contributed by atoms with E-state index in [9.17, 15) is 0 Å². The quantitative estimate of drug-likeness (QED) is 0.206. The van der Waals surface area contributed by atoms with Gasteiger partial charge in [-0.2, -0.15) is 0 Å². The lowest BCUT2D eigenvalue weighted by atomic mass is 9.86. The van der Waals surface area contributed by atoms with Crippen molar-refractivity contribution in [2.45, 2.75) is 40.0 Å². The van der Waals surface area contributed by atoms with Crippen LogP contribution in [0, 0.1) is 25.4 Å². The van der Waals surface area contributed by atoms with Gasteiger partial charge in [0.05, 0.1) is 11.1 Å². The molecule has 0 aliphatic heterocycles. The van der Waals surface area contributed by atoms with Crippen LogP contribution in [0.2, 0.25) is 0 Å². The van der Waals surface area contributed by atoms with Crippen LogP contribution < -0.4 is 4.57 Å². The number of hydrogen-bond acceptors (Lipinski definition) is 1. The fraction of sp³-hybridized carbons (Fsp3) is 0.194. The summed E-state index contributed by atoms with van der Waals surface area (Å²) in [5.41, 5.74) is 6.85. The Labute approximate surface area is 237 Å². The van der Waals surface area contributed by atoms with Crippen molar-refractivity contribution in [1.82, 2.24) is 0 Å². The fourth-order valence-corrected chi connectivity index (χ4v) is 5.43. The molecular weight excluding hydrogens is 500 g/mol. The van der Waals surface area contributed by atoms with Crippen molar-refractivity contribution in [1.29, 1.82) is 0 Å². The van der Waals surface area contributed by atoms with Gasteiger partial charge in [-0.05, 0) is 59.1 Å². The van der Waals surface area contributed by atoms with Crippen molar-refractivity contribution in [2.24, 2.45) is 7.05 Å². The van der Waals surface area contributed by atoms with E-state index < -0.39 is 18.5 Å². The van der Waals surface area contributed by atoms with Crippen LogP contribution in [0.5, 0.6) is 0 Å². The molecule has 6 rings (SSSR count). The molecule has 0 spiro atoms. The van der Waals surface area contributed by atoms with Crippen LogP contribution in [-0.2, 0) is 12.5 Å². The van der Waals surface area contributed by atoms with Gasteiger partial charge >= 0.3 is 0 Å². The first-order valence-electron chi connectivity index (χ1n) is 14.8. The molecule has 4 aromatic carbocycles. The Morgan fingerprint density at radius 2 is 1.27 bits per heavy atom. The van der Waals surface area contributed by atoms with Crippen molar-refractivity contribution < 1.29 is 21.9 Å². The first-order chi connectivity index (χ1) is 20.2. The van der Waals surface area contributed by atoms with Crippen LogP contribution in [0.25, 0.3) is 55.4 Å². The van der Waals surface area contributed by atoms with Crippen LogP contribution in [0.4, 0.5) is 8.78 Å². The van der Waals surface area contributed by atoms with Gasteiger partial charge in [-0.1, -0.05) is 81.4 Å². The molecule has 2 aromatic heterocycles. The first-order valence-corrected chi connectivity index (χ1v) is 13.3. The van der Waals surface area contributed by atoms with Gasteiger partial charge in [0, 0.05) is 26.5 Å². The number of furan rings is 1. The topological polar surface area (TPSA) is 17.0 Å². The maximum absolute atomic E-state index is 15.5. The molecule has 0 bridgehead atoms. The third-order valence-electron chi connectivity index (χ3n) is 7.70. The number of hydrogen-bond donors (Lipinski definition) is 0. The number of rotatable bonds is 3. The molecule has 200 valence electrons. The SMILES string of the molecule is [2H]C([2H])([2H])c1c[n+](C)c(-c2c(C)ccc3c2oc2c(-c4ccc(-c5ccc(C(C)(C)C)cc5)cc4)c(F)ccc23)cc1F. The van der Waals surface area contributed by atoms with E-state index in [1.165, 1.54) is 23.9 Å². The van der Waals surface area contributed by atoms with E-state index >= 15 is 8.78 Å². The monoisotopic (exact) mass is 535 g/mol. The second kappa shape index (κ2) is 9.41. The largest absolute Gasteiger partial charge is 0.454 e. The van der Waals surface area contributed by atoms with Gasteiger partial charge in [0.2, 0.25) is 5.69 Å². The lowest BCUT2D eigenvalue weighted by molar-refractivity contribution is -0.661. The maximum Gasteiger partial charge on any atom is 0.219 e. The highest BCUT2D eigenvalue weighted by atomic mass is 19.1. The van der Waals surface area contributed by atoms with E-state index in [2.05, 4.69) is 45.0 Å². The van der Waals surface area contributed by atoms with Gasteiger partial charge in [0.25, 0.3) is 0 Å². The number of nitrogens with zero attached hydrogens (tertiary/aromatic N) is 1. The summed E-state index contributed by atoms with van der Waals surface area (Å²) in [6.07, 6.45) is 1.29. The van der Waals surface area contributed by atoms with Gasteiger partial charge in [-0.15, -0.1) is 0 Å². The van der Waals surface area contributed by atoms with E-state index in [4.69, 9.17) is 8.53 Å². The highest BCUT2D eigenvalue weighted by Gasteiger charge is 2.24. The molecule has 0 fully saturated rings. The van der Waals surface area contributed by atoms with E-state index in [1.54, 1.807) is 17.7 Å². The van der Waals surface area contributed by atoms with Crippen molar-refractivity contribution in [2.75, 3.05) is 0 Å². The number of aromatic nitrogens is 1. The summed E-state index contributed by atoms with van der Waals surface area (Å²) < 4.78 is 61.7. The molecule has 0 unspecified atom stereocenters. The average Bonchev–Trinajstić information content (AvgIpc) is 3.31. The summed E-state index contributed by atoms with van der Waals surface area (Å²) in [4.78, 5) is 0. The maximum atomic E-state index is 15.5. The van der Waals surface area contributed by atoms with E-state index in [1.807, 2.05) is 43.3 Å². The summed E-state index contributed by atoms with van der Waals surface area (Å²) in [5.74, 6) is -1.23. The number of fused-ring (bicyclic) bond motifs is 3. The molecule has 40 heavy (non-hydrogen) atoms. The minimum Gasteiger partial charge on any atom is -0.454 e. The highest BCUT2D eigenvalue weighted by Crippen LogP contribution is 2.42. The number of halogens is 2. The molecule has 0 saturated carbocycles. The lowest BCUT2D eigenvalue weighted by Crippen LogP contribution is -2.31. The molecule has 0 aliphatic carbocycles. The second-order valence-electron chi connectivity index (χ2n) is 11.5. The molecule has 0 aliphatic rings. The Bertz CT molecular complexity index is 2020. The standard InChI is InChI=1S/C36H32F2NO/c1-21-7-16-27-28-17-18-29(37)33(35(28)40-34(27)32(21)31-19-30(38)22(2)20-39(31)6)25-10-8-23(9-11-25)24-12-14-26(15-13-24)36(3,4)5/h7-20H,1-6H3/q+1/i2D3. The Balaban J connectivity index is 1.49. The summed E-state index contributed by atoms with van der Waals surface area (Å²) in [7, 11) is 1.67. The van der Waals surface area contributed by atoms with Crippen molar-refractivity contribution in [3.05, 3.63) is 113 Å². The normalized spacial score (nSPS) is 13.4. The third kappa shape index (κ3) is 4.28. The first kappa shape index (κ1) is 22.5. The van der Waals surface area contributed by atoms with Gasteiger partial charge in [0.1, 0.15) is 29.8 Å². The molecule has 0 radical (unpaired) electrons. The van der Waals surface area contributed by atoms with E-state index in [0.717, 1.165) is 27.5 Å². The molecule has 2 nitrogen and oxygen atoms in total. The highest BCUT2D eigenvalue weighted by molar-refractivity contribution is 6.13. The second-order valence-corrected chi connectivity index (χ2v) is 11.5. The summed E-state index contributed by atoms with van der Waals surface area (Å²) >= 11 is 0. The zero-order chi connectivity index (χ0) is 30.8. The Kier molecular flexibility index (Phi) is 5.29. The Hall–Kier alpha value is -4.31. The van der Waals surface area contributed by atoms with Gasteiger partial charge < -0.3 is 4.42 Å². The predicted molar refractivity (Wildman–Crippen MR) is 159 cm³/mol. The predicted octanol–water partition coefficient (Wildman–Crippen LogP) is 9.60. The van der Waals surface area contributed by atoms with Crippen LogP contribution in [0.15, 0.2) is 89.5 Å². The molecule has 0 N–H and O–H groups in total. The molecule has 0 saturated heterocycles. The Morgan fingerprint density at radius 1 is 0.700 bits per heavy atom. The molecular formula is C36H32F2NO+. The minimum atomic E-state index is -2.58. The number of benzene rings is 4. The fourth-order valence-electron chi connectivity index (χ4n) is 5.43. The smallest absolute Gasteiger partial charge is 0.219 e. The molecule has 0 atom stereocenters. The molecule has 2 heterocycles. The molecule has 0 amide bonds. The molecule has 6 aromatic rings. The summed E-state index contributed by atoms with van der Waals surface area (Å²) in [6.45, 7) is 5.85. The Morgan fingerprint density at radius 3 is 1.90 bits per heavy atom. The zero-order valence-corrected chi connectivity index (χ0v) is 23.2. The van der Waals surface area contributed by atoms with Crippen LogP contribution in [0.1, 0.15) is 41.6 Å². The number of pyridine rings is 1. The van der Waals surface area contributed by atoms with E-state index in [-0.39, 0.29) is 11.0 Å². The zero-order valence-electron chi connectivity index (χ0n) is 26.2. The third-order valence-corrected chi connectivity index (χ3v) is 7.70.